The van der Waals surface area contributed by atoms with E-state index < -0.39 is 17.8 Å². The Labute approximate surface area is 227 Å². The Morgan fingerprint density at radius 2 is 1.70 bits per heavy atom. The van der Waals surface area contributed by atoms with Crippen LogP contribution >= 0.6 is 0 Å². The van der Waals surface area contributed by atoms with Crippen LogP contribution in [0, 0.1) is 0 Å². The molecule has 0 aliphatic heterocycles. The number of urea groups is 1. The molecule has 40 heavy (non-hydrogen) atoms. The molecule has 0 saturated heterocycles. The van der Waals surface area contributed by atoms with Crippen molar-refractivity contribution in [3.63, 3.8) is 0 Å². The number of carbonyl (C=O) groups excluding carboxylic acids is 1. The number of hydrogen-bond donors (Lipinski definition) is 1. The summed E-state index contributed by atoms with van der Waals surface area (Å²) in [6.07, 6.45) is -4.69. The van der Waals surface area contributed by atoms with E-state index in [1.165, 1.54) is 27.4 Å². The second kappa shape index (κ2) is 12.4. The highest BCUT2D eigenvalue weighted by atomic mass is 19.4. The van der Waals surface area contributed by atoms with E-state index in [1.54, 1.807) is 48.5 Å². The maximum Gasteiger partial charge on any atom is 0.416 e. The molecule has 13 heteroatoms. The molecule has 1 N–H and O–H groups in total. The highest BCUT2D eigenvalue weighted by molar-refractivity contribution is 6.01. The first-order valence-electron chi connectivity index (χ1n) is 11.8. The first-order chi connectivity index (χ1) is 19.2. The molecule has 2 amide bonds. The fourth-order valence-corrected chi connectivity index (χ4v) is 3.62. The lowest BCUT2D eigenvalue weighted by Gasteiger charge is -2.23. The van der Waals surface area contributed by atoms with Gasteiger partial charge in [-0.3, -0.25) is 0 Å². The van der Waals surface area contributed by atoms with E-state index >= 15 is 0 Å². The molecule has 0 unspecified atom stereocenters. The molecule has 210 valence electrons. The maximum atomic E-state index is 13.6. The third-order valence-corrected chi connectivity index (χ3v) is 5.43. The molecule has 0 fully saturated rings. The molecule has 4 rings (SSSR count). The molecule has 3 aromatic carbocycles. The third kappa shape index (κ3) is 6.61. The molecule has 0 bridgehead atoms. The van der Waals surface area contributed by atoms with Crippen molar-refractivity contribution in [2.45, 2.75) is 6.18 Å². The Bertz CT molecular complexity index is 1470. The van der Waals surface area contributed by atoms with E-state index in [2.05, 4.69) is 15.3 Å². The van der Waals surface area contributed by atoms with Crippen LogP contribution in [0.15, 0.2) is 66.7 Å². The molecule has 0 spiro atoms. The second-order valence-electron chi connectivity index (χ2n) is 8.11. The van der Waals surface area contributed by atoms with Gasteiger partial charge in [0.25, 0.3) is 5.88 Å². The number of nitrogens with zero attached hydrogens (tertiary/aromatic N) is 3. The number of fused-ring (bicyclic) bond motifs is 1. The Kier molecular flexibility index (Phi) is 8.74. The molecule has 0 atom stereocenters. The first kappa shape index (κ1) is 28.2. The van der Waals surface area contributed by atoms with Gasteiger partial charge in [0.15, 0.2) is 0 Å². The average molecular weight is 559 g/mol. The minimum absolute atomic E-state index is 0.00883. The lowest BCUT2D eigenvalue weighted by atomic mass is 10.2. The van der Waals surface area contributed by atoms with Crippen molar-refractivity contribution < 1.29 is 41.8 Å². The molecule has 10 nitrogen and oxygen atoms in total. The molecule has 0 saturated carbocycles. The zero-order valence-corrected chi connectivity index (χ0v) is 21.7. The summed E-state index contributed by atoms with van der Waals surface area (Å²) in [4.78, 5) is 28.1. The summed E-state index contributed by atoms with van der Waals surface area (Å²) in [7, 11) is 4.25. The van der Waals surface area contributed by atoms with Gasteiger partial charge in [0, 0.05) is 18.9 Å². The first-order valence-corrected chi connectivity index (χ1v) is 11.8. The summed E-state index contributed by atoms with van der Waals surface area (Å²) < 4.78 is 61.7. The van der Waals surface area contributed by atoms with Gasteiger partial charge in [-0.15, -0.1) is 5.06 Å². The Morgan fingerprint density at radius 1 is 0.925 bits per heavy atom. The molecule has 1 aromatic heterocycles. The summed E-state index contributed by atoms with van der Waals surface area (Å²) in [5, 5.41) is 3.64. The van der Waals surface area contributed by atoms with Crippen LogP contribution in [0.25, 0.3) is 10.9 Å². The molecule has 0 aliphatic rings. The van der Waals surface area contributed by atoms with E-state index in [0.717, 1.165) is 17.2 Å². The standard InChI is InChI=1S/C27H25F3N4O6/c1-36-12-13-39-20-15-17(27(28,29)30)14-18(16-20)31-26(35)34(19-8-5-4-6-9-19)40-24-23-21(32-25(33-24)38-3)10-7-11-22(23)37-2/h4-11,14-16H,12-13H2,1-3H3,(H,31,35). The van der Waals surface area contributed by atoms with Gasteiger partial charge in [0.1, 0.15) is 23.5 Å². The van der Waals surface area contributed by atoms with Crippen molar-refractivity contribution in [1.29, 1.82) is 0 Å². The number of aromatic nitrogens is 2. The normalized spacial score (nSPS) is 11.2. The Morgan fingerprint density at radius 3 is 2.38 bits per heavy atom. The van der Waals surface area contributed by atoms with E-state index in [9.17, 15) is 18.0 Å². The number of hydrogen-bond acceptors (Lipinski definition) is 8. The number of hydroxylamine groups is 1. The monoisotopic (exact) mass is 558 g/mol. The predicted molar refractivity (Wildman–Crippen MR) is 140 cm³/mol. The van der Waals surface area contributed by atoms with Crippen molar-refractivity contribution in [2.24, 2.45) is 0 Å². The van der Waals surface area contributed by atoms with Crippen molar-refractivity contribution in [2.75, 3.05) is 44.9 Å². The van der Waals surface area contributed by atoms with Crippen molar-refractivity contribution in [3.05, 3.63) is 72.3 Å². The number of methoxy groups -OCH3 is 3. The summed E-state index contributed by atoms with van der Waals surface area (Å²) in [5.41, 5.74) is -0.532. The van der Waals surface area contributed by atoms with Gasteiger partial charge >= 0.3 is 18.2 Å². The zero-order valence-electron chi connectivity index (χ0n) is 21.7. The molecule has 4 aromatic rings. The Hall–Kier alpha value is -4.78. The predicted octanol–water partition coefficient (Wildman–Crippen LogP) is 5.72. The van der Waals surface area contributed by atoms with E-state index in [4.69, 9.17) is 23.8 Å². The lowest BCUT2D eigenvalue weighted by molar-refractivity contribution is -0.137. The molecular weight excluding hydrogens is 533 g/mol. The second-order valence-corrected chi connectivity index (χ2v) is 8.11. The highest BCUT2D eigenvalue weighted by Gasteiger charge is 2.32. The van der Waals surface area contributed by atoms with Gasteiger partial charge in [0.2, 0.25) is 0 Å². The quantitative estimate of drug-likeness (QED) is 0.195. The minimum Gasteiger partial charge on any atom is -0.496 e. The van der Waals surface area contributed by atoms with Crippen LogP contribution in [0.1, 0.15) is 5.56 Å². The summed E-state index contributed by atoms with van der Waals surface area (Å²) in [5.74, 6) is 0.163. The number of rotatable bonds is 10. The van der Waals surface area contributed by atoms with Gasteiger partial charge in [-0.25, -0.2) is 4.79 Å². The molecule has 0 aliphatic carbocycles. The van der Waals surface area contributed by atoms with Crippen LogP contribution in [-0.4, -0.2) is 50.5 Å². The van der Waals surface area contributed by atoms with Crippen molar-refractivity contribution >= 4 is 28.3 Å². The maximum absolute atomic E-state index is 13.6. The number of nitrogens with one attached hydrogen (secondary N) is 1. The number of para-hydroxylation sites is 1. The number of amides is 2. The van der Waals surface area contributed by atoms with E-state index in [1.807, 2.05) is 0 Å². The average Bonchev–Trinajstić information content (AvgIpc) is 2.95. The van der Waals surface area contributed by atoms with Crippen molar-refractivity contribution in [3.8, 4) is 23.4 Å². The molecule has 1 heterocycles. The molecule has 0 radical (unpaired) electrons. The largest absolute Gasteiger partial charge is 0.496 e. The minimum atomic E-state index is -4.69. The summed E-state index contributed by atoms with van der Waals surface area (Å²) >= 11 is 0. The summed E-state index contributed by atoms with van der Waals surface area (Å²) in [6.45, 7) is 0.169. The lowest BCUT2D eigenvalue weighted by Crippen LogP contribution is -2.38. The topological polar surface area (TPSA) is 104 Å². The smallest absolute Gasteiger partial charge is 0.416 e. The summed E-state index contributed by atoms with van der Waals surface area (Å²) in [6, 6.07) is 15.1. The third-order valence-electron chi connectivity index (χ3n) is 5.43. The number of alkyl halides is 3. The molecular formula is C27H25F3N4O6. The van der Waals surface area contributed by atoms with Gasteiger partial charge in [-0.1, -0.05) is 24.3 Å². The van der Waals surface area contributed by atoms with Gasteiger partial charge in [-0.05, 0) is 36.4 Å². The zero-order chi connectivity index (χ0) is 28.7. The van der Waals surface area contributed by atoms with E-state index in [-0.39, 0.29) is 42.2 Å². The van der Waals surface area contributed by atoms with Crippen molar-refractivity contribution in [1.82, 2.24) is 9.97 Å². The fraction of sp³-hybridized carbons (Fsp3) is 0.222. The van der Waals surface area contributed by atoms with Crippen LogP contribution in [0.3, 0.4) is 0 Å². The Balaban J connectivity index is 1.74. The van der Waals surface area contributed by atoms with Gasteiger partial charge in [0.05, 0.1) is 37.6 Å². The van der Waals surface area contributed by atoms with Crippen LogP contribution < -0.4 is 29.4 Å². The SMILES string of the molecule is COCCOc1cc(NC(=O)N(Oc2nc(OC)nc3cccc(OC)c23)c2ccccc2)cc(C(F)(F)F)c1. The van der Waals surface area contributed by atoms with Crippen LogP contribution in [0.2, 0.25) is 0 Å². The highest BCUT2D eigenvalue weighted by Crippen LogP contribution is 2.36. The van der Waals surface area contributed by atoms with Gasteiger partial charge in [-0.2, -0.15) is 23.1 Å². The number of anilines is 2. The number of carbonyl (C=O) groups is 1. The van der Waals surface area contributed by atoms with Crippen LogP contribution in [-0.2, 0) is 10.9 Å². The fourth-order valence-electron chi connectivity index (χ4n) is 3.62. The van der Waals surface area contributed by atoms with Gasteiger partial charge < -0.3 is 29.1 Å². The van der Waals surface area contributed by atoms with Crippen LogP contribution in [0.5, 0.6) is 23.4 Å². The van der Waals surface area contributed by atoms with E-state index in [0.29, 0.717) is 16.7 Å². The number of halogens is 3. The number of ether oxygens (including phenoxy) is 4. The van der Waals surface area contributed by atoms with Crippen LogP contribution in [0.4, 0.5) is 29.3 Å². The number of benzene rings is 3.